The maximum absolute atomic E-state index is 11.1. The topological polar surface area (TPSA) is 88.7 Å². The number of carbonyl (C=O) groups is 1. The average molecular weight is 324 g/mol. The zero-order valence-electron chi connectivity index (χ0n) is 13.4. The van der Waals surface area contributed by atoms with Crippen LogP contribution < -0.4 is 5.43 Å². The largest absolute Gasteiger partial charge is 0.387 e. The van der Waals surface area contributed by atoms with Crippen molar-refractivity contribution in [2.24, 2.45) is 5.10 Å². The molecule has 124 valence electrons. The van der Waals surface area contributed by atoms with Gasteiger partial charge in [0.25, 0.3) is 0 Å². The van der Waals surface area contributed by atoms with E-state index >= 15 is 0 Å². The Labute approximate surface area is 141 Å². The van der Waals surface area contributed by atoms with Gasteiger partial charge in [-0.05, 0) is 29.7 Å². The highest BCUT2D eigenvalue weighted by atomic mass is 16.3. The summed E-state index contributed by atoms with van der Waals surface area (Å²) in [5.74, 6) is -0.0256. The van der Waals surface area contributed by atoms with Crippen molar-refractivity contribution in [3.63, 3.8) is 0 Å². The second-order valence-corrected chi connectivity index (χ2v) is 6.08. The van der Waals surface area contributed by atoms with Crippen molar-refractivity contribution in [3.8, 4) is 6.07 Å². The Balaban J connectivity index is 1.56. The van der Waals surface area contributed by atoms with Crippen LogP contribution in [0.5, 0.6) is 0 Å². The van der Waals surface area contributed by atoms with Crippen LogP contribution in [0.2, 0.25) is 0 Å². The minimum absolute atomic E-state index is 0.0256. The number of aliphatic hydroxyl groups is 1. The normalized spacial score (nSPS) is 19.8. The number of hydrogen-bond acceptors (Lipinski definition) is 5. The molecule has 1 aromatic rings. The molecule has 6 heteroatoms. The Morgan fingerprint density at radius 3 is 2.67 bits per heavy atom. The molecule has 0 radical (unpaired) electrons. The van der Waals surface area contributed by atoms with Crippen LogP contribution in [0.1, 0.15) is 36.5 Å². The molecule has 0 fully saturated rings. The third-order valence-corrected chi connectivity index (χ3v) is 4.42. The first kappa shape index (κ1) is 16.4. The van der Waals surface area contributed by atoms with Gasteiger partial charge >= 0.3 is 0 Å². The summed E-state index contributed by atoms with van der Waals surface area (Å²) in [5, 5.41) is 23.3. The molecule has 3 rings (SSSR count). The number of nitrogens with zero attached hydrogens (tertiary/aromatic N) is 3. The minimum atomic E-state index is -0.570. The number of rotatable bonds is 4. The number of aliphatic hydroxyl groups excluding tert-OH is 1. The van der Waals surface area contributed by atoms with Gasteiger partial charge < -0.3 is 5.11 Å². The van der Waals surface area contributed by atoms with Crippen LogP contribution >= 0.6 is 0 Å². The summed E-state index contributed by atoms with van der Waals surface area (Å²) in [6.07, 6.45) is 3.63. The van der Waals surface area contributed by atoms with Crippen LogP contribution in [-0.4, -0.2) is 41.3 Å². The van der Waals surface area contributed by atoms with Crippen LogP contribution in [0.15, 0.2) is 41.0 Å². The Bertz CT molecular complexity index is 716. The summed E-state index contributed by atoms with van der Waals surface area (Å²) < 4.78 is 0. The highest BCUT2D eigenvalue weighted by Crippen LogP contribution is 2.20. The fraction of sp³-hybridized carbons (Fsp3) is 0.389. The highest BCUT2D eigenvalue weighted by Gasteiger charge is 2.21. The predicted octanol–water partition coefficient (Wildman–Crippen LogP) is 1.49. The molecule has 0 saturated heterocycles. The molecule has 0 aromatic heterocycles. The lowest BCUT2D eigenvalue weighted by Crippen LogP contribution is -2.35. The fourth-order valence-corrected chi connectivity index (χ4v) is 2.97. The van der Waals surface area contributed by atoms with E-state index in [1.165, 1.54) is 5.57 Å². The van der Waals surface area contributed by atoms with Crippen LogP contribution in [0, 0.1) is 11.3 Å². The molecule has 2 aliphatic rings. The number of carbonyl (C=O) groups excluding carboxylic acids is 1. The van der Waals surface area contributed by atoms with Gasteiger partial charge in [-0.15, -0.1) is 0 Å². The van der Waals surface area contributed by atoms with E-state index in [0.717, 1.165) is 30.8 Å². The van der Waals surface area contributed by atoms with Gasteiger partial charge in [0, 0.05) is 32.5 Å². The highest BCUT2D eigenvalue weighted by molar-refractivity contribution is 6.03. The van der Waals surface area contributed by atoms with Gasteiger partial charge in [0.05, 0.1) is 23.4 Å². The molecule has 2 heterocycles. The maximum atomic E-state index is 11.1. The molecular formula is C18H20N4O2. The first-order valence-corrected chi connectivity index (χ1v) is 8.11. The smallest absolute Gasteiger partial charge is 0.240 e. The Hall–Kier alpha value is -2.49. The lowest BCUT2D eigenvalue weighted by molar-refractivity contribution is -0.121. The second kappa shape index (κ2) is 7.39. The number of hydrazone groups is 1. The maximum Gasteiger partial charge on any atom is 0.240 e. The molecule has 1 atom stereocenters. The molecule has 2 N–H and O–H groups in total. The second-order valence-electron chi connectivity index (χ2n) is 6.08. The summed E-state index contributed by atoms with van der Waals surface area (Å²) in [6, 6.07) is 9.12. The quantitative estimate of drug-likeness (QED) is 0.878. The molecule has 6 nitrogen and oxygen atoms in total. The fourth-order valence-electron chi connectivity index (χ4n) is 2.97. The third-order valence-electron chi connectivity index (χ3n) is 4.42. The van der Waals surface area contributed by atoms with E-state index in [4.69, 9.17) is 5.26 Å². The SMILES string of the molecule is N#Cc1ccc(C(O)CN2CC=C(C3=NNC(=O)CC3)CC2)cc1. The molecular weight excluding hydrogens is 304 g/mol. The number of β-amino-alcohol motifs (C(OH)–C–C–N with tert-alkyl or cyclic N) is 1. The van der Waals surface area contributed by atoms with Crippen LogP contribution in [-0.2, 0) is 4.79 Å². The van der Waals surface area contributed by atoms with Crippen LogP contribution in [0.3, 0.4) is 0 Å². The molecule has 0 bridgehead atoms. The van der Waals surface area contributed by atoms with Gasteiger partial charge in [-0.3, -0.25) is 9.69 Å². The molecule has 1 amide bonds. The number of nitrogens with one attached hydrogen (secondary N) is 1. The third kappa shape index (κ3) is 3.88. The minimum Gasteiger partial charge on any atom is -0.387 e. The summed E-state index contributed by atoms with van der Waals surface area (Å²) >= 11 is 0. The number of benzene rings is 1. The molecule has 24 heavy (non-hydrogen) atoms. The van der Waals surface area contributed by atoms with Gasteiger partial charge in [0.15, 0.2) is 0 Å². The van der Waals surface area contributed by atoms with E-state index in [9.17, 15) is 9.90 Å². The number of nitriles is 1. The molecule has 2 aliphatic heterocycles. The molecule has 1 aromatic carbocycles. The van der Waals surface area contributed by atoms with E-state index in [2.05, 4.69) is 27.6 Å². The predicted molar refractivity (Wildman–Crippen MR) is 90.1 cm³/mol. The van der Waals surface area contributed by atoms with E-state index in [-0.39, 0.29) is 5.91 Å². The van der Waals surface area contributed by atoms with Gasteiger partial charge in [0.2, 0.25) is 5.91 Å². The van der Waals surface area contributed by atoms with Crippen LogP contribution in [0.25, 0.3) is 0 Å². The van der Waals surface area contributed by atoms with Crippen LogP contribution in [0.4, 0.5) is 0 Å². The standard InChI is InChI=1S/C18H20N4O2/c19-11-13-1-3-15(4-2-13)17(23)12-22-9-7-14(8-10-22)16-5-6-18(24)21-20-16/h1-4,7,17,23H,5-6,8-10,12H2,(H,21,24). The van der Waals surface area contributed by atoms with Gasteiger partial charge in [-0.25, -0.2) is 5.43 Å². The van der Waals surface area contributed by atoms with E-state index in [1.807, 2.05) is 0 Å². The summed E-state index contributed by atoms with van der Waals surface area (Å²) in [4.78, 5) is 13.3. The molecule has 0 spiro atoms. The average Bonchev–Trinajstić information content (AvgIpc) is 2.63. The van der Waals surface area contributed by atoms with E-state index in [0.29, 0.717) is 24.9 Å². The Morgan fingerprint density at radius 2 is 2.08 bits per heavy atom. The zero-order chi connectivity index (χ0) is 16.9. The van der Waals surface area contributed by atoms with Gasteiger partial charge in [0.1, 0.15) is 0 Å². The van der Waals surface area contributed by atoms with Crippen molar-refractivity contribution in [1.29, 1.82) is 5.26 Å². The first-order chi connectivity index (χ1) is 11.7. The Kier molecular flexibility index (Phi) is 5.04. The molecule has 1 unspecified atom stereocenters. The van der Waals surface area contributed by atoms with E-state index in [1.54, 1.807) is 24.3 Å². The lowest BCUT2D eigenvalue weighted by atomic mass is 9.98. The molecule has 0 aliphatic carbocycles. The van der Waals surface area contributed by atoms with Gasteiger partial charge in [-0.2, -0.15) is 10.4 Å². The first-order valence-electron chi connectivity index (χ1n) is 8.11. The van der Waals surface area contributed by atoms with Gasteiger partial charge in [-0.1, -0.05) is 18.2 Å². The lowest BCUT2D eigenvalue weighted by Gasteiger charge is -2.29. The van der Waals surface area contributed by atoms with Crippen molar-refractivity contribution >= 4 is 11.6 Å². The van der Waals surface area contributed by atoms with E-state index < -0.39 is 6.10 Å². The monoisotopic (exact) mass is 324 g/mol. The van der Waals surface area contributed by atoms with Crippen molar-refractivity contribution in [2.75, 3.05) is 19.6 Å². The van der Waals surface area contributed by atoms with Crippen molar-refractivity contribution < 1.29 is 9.90 Å². The Morgan fingerprint density at radius 1 is 1.29 bits per heavy atom. The van der Waals surface area contributed by atoms with Crippen molar-refractivity contribution in [1.82, 2.24) is 10.3 Å². The summed E-state index contributed by atoms with van der Waals surface area (Å²) in [7, 11) is 0. The summed E-state index contributed by atoms with van der Waals surface area (Å²) in [5.41, 5.74) is 6.12. The number of amides is 1. The number of hydrogen-bond donors (Lipinski definition) is 2. The summed E-state index contributed by atoms with van der Waals surface area (Å²) in [6.45, 7) is 2.17. The van der Waals surface area contributed by atoms with Crippen molar-refractivity contribution in [3.05, 3.63) is 47.0 Å². The zero-order valence-corrected chi connectivity index (χ0v) is 13.4. The van der Waals surface area contributed by atoms with Crippen molar-refractivity contribution in [2.45, 2.75) is 25.4 Å². The molecule has 0 saturated carbocycles.